The van der Waals surface area contributed by atoms with Crippen LogP contribution in [0.1, 0.15) is 11.3 Å². The first-order chi connectivity index (χ1) is 9.52. The number of imidazole rings is 1. The Bertz CT molecular complexity index is 867. The molecular weight excluding hydrogens is 276 g/mol. The van der Waals surface area contributed by atoms with Crippen molar-refractivity contribution in [3.63, 3.8) is 0 Å². The van der Waals surface area contributed by atoms with E-state index in [1.807, 2.05) is 14.0 Å². The van der Waals surface area contributed by atoms with Crippen molar-refractivity contribution >= 4 is 28.7 Å². The van der Waals surface area contributed by atoms with Crippen molar-refractivity contribution in [1.82, 2.24) is 19.3 Å². The second kappa shape index (κ2) is 4.25. The average molecular weight is 287 g/mol. The molecule has 2 aromatic heterocycles. The minimum atomic E-state index is 0.301. The summed E-state index contributed by atoms with van der Waals surface area (Å²) >= 11 is 6.03. The van der Waals surface area contributed by atoms with Crippen LogP contribution in [-0.2, 0) is 7.05 Å². The van der Waals surface area contributed by atoms with Gasteiger partial charge >= 0.3 is 0 Å². The molecule has 2 heterocycles. The van der Waals surface area contributed by atoms with Crippen molar-refractivity contribution < 1.29 is 0 Å². The monoisotopic (exact) mass is 286 g/mol. The molecule has 7 heteroatoms. The second-order valence-corrected chi connectivity index (χ2v) is 4.90. The molecule has 0 unspecified atom stereocenters. The topological polar surface area (TPSA) is 85.5 Å². The van der Waals surface area contributed by atoms with E-state index in [9.17, 15) is 5.26 Å². The molecule has 0 saturated heterocycles. The van der Waals surface area contributed by atoms with E-state index in [1.165, 1.54) is 0 Å². The summed E-state index contributed by atoms with van der Waals surface area (Å²) in [6.07, 6.45) is 0. The van der Waals surface area contributed by atoms with Gasteiger partial charge in [-0.25, -0.2) is 9.67 Å². The van der Waals surface area contributed by atoms with E-state index in [2.05, 4.69) is 16.2 Å². The number of benzene rings is 1. The Morgan fingerprint density at radius 3 is 2.85 bits per heavy atom. The number of anilines is 1. The first-order valence-corrected chi connectivity index (χ1v) is 6.28. The van der Waals surface area contributed by atoms with Gasteiger partial charge in [-0.05, 0) is 25.1 Å². The first kappa shape index (κ1) is 12.5. The van der Waals surface area contributed by atoms with Gasteiger partial charge < -0.3 is 5.73 Å². The number of nitrogen functional groups attached to an aromatic ring is 1. The molecule has 1 aromatic carbocycles. The van der Waals surface area contributed by atoms with E-state index in [4.69, 9.17) is 17.3 Å². The van der Waals surface area contributed by atoms with Crippen LogP contribution < -0.4 is 5.73 Å². The Balaban J connectivity index is 2.44. The van der Waals surface area contributed by atoms with Gasteiger partial charge in [-0.3, -0.25) is 4.57 Å². The molecule has 6 nitrogen and oxygen atoms in total. The summed E-state index contributed by atoms with van der Waals surface area (Å²) in [5.74, 6) is 0.301. The van der Waals surface area contributed by atoms with Gasteiger partial charge in [-0.2, -0.15) is 10.4 Å². The van der Waals surface area contributed by atoms with E-state index < -0.39 is 0 Å². The molecule has 0 aliphatic heterocycles. The Labute approximate surface area is 120 Å². The van der Waals surface area contributed by atoms with Gasteiger partial charge in [0.2, 0.25) is 5.95 Å². The van der Waals surface area contributed by atoms with E-state index in [0.29, 0.717) is 27.7 Å². The zero-order valence-corrected chi connectivity index (χ0v) is 11.7. The summed E-state index contributed by atoms with van der Waals surface area (Å²) in [5, 5.41) is 14.1. The number of aromatic nitrogens is 4. The summed E-state index contributed by atoms with van der Waals surface area (Å²) in [4.78, 5) is 4.32. The minimum absolute atomic E-state index is 0.301. The molecule has 0 aliphatic rings. The highest BCUT2D eigenvalue weighted by Crippen LogP contribution is 2.28. The third-order valence-corrected chi connectivity index (χ3v) is 3.38. The van der Waals surface area contributed by atoms with Crippen LogP contribution in [-0.4, -0.2) is 19.3 Å². The van der Waals surface area contributed by atoms with Crippen LogP contribution in [0.4, 0.5) is 5.95 Å². The normalized spacial score (nSPS) is 10.9. The molecule has 0 radical (unpaired) electrons. The summed E-state index contributed by atoms with van der Waals surface area (Å²) in [5.41, 5.74) is 9.31. The van der Waals surface area contributed by atoms with Crippen LogP contribution in [0.3, 0.4) is 0 Å². The lowest BCUT2D eigenvalue weighted by molar-refractivity contribution is 0.762. The van der Waals surface area contributed by atoms with Crippen LogP contribution in [0.2, 0.25) is 5.02 Å². The van der Waals surface area contributed by atoms with E-state index >= 15 is 0 Å². The fourth-order valence-electron chi connectivity index (χ4n) is 2.31. The van der Waals surface area contributed by atoms with Crippen LogP contribution in [0.5, 0.6) is 0 Å². The highest BCUT2D eigenvalue weighted by molar-refractivity contribution is 6.30. The van der Waals surface area contributed by atoms with E-state index in [1.54, 1.807) is 27.4 Å². The van der Waals surface area contributed by atoms with Crippen LogP contribution in [0.15, 0.2) is 18.2 Å². The molecule has 0 atom stereocenters. The average Bonchev–Trinajstić information content (AvgIpc) is 2.88. The molecule has 0 aliphatic carbocycles. The predicted octanol–water partition coefficient (Wildman–Crippen LogP) is 2.17. The first-order valence-electron chi connectivity index (χ1n) is 5.90. The quantitative estimate of drug-likeness (QED) is 0.743. The number of nitriles is 1. The van der Waals surface area contributed by atoms with Gasteiger partial charge in [0.05, 0.1) is 16.9 Å². The predicted molar refractivity (Wildman–Crippen MR) is 76.7 cm³/mol. The molecule has 100 valence electrons. The number of hydrogen-bond acceptors (Lipinski definition) is 4. The third kappa shape index (κ3) is 1.64. The Hall–Kier alpha value is -2.52. The second-order valence-electron chi connectivity index (χ2n) is 4.46. The summed E-state index contributed by atoms with van der Waals surface area (Å²) in [7, 11) is 1.81. The number of fused-ring (bicyclic) bond motifs is 1. The molecule has 3 rings (SSSR count). The highest BCUT2D eigenvalue weighted by atomic mass is 35.5. The lowest BCUT2D eigenvalue weighted by Gasteiger charge is -2.09. The van der Waals surface area contributed by atoms with Crippen molar-refractivity contribution in [3.05, 3.63) is 34.5 Å². The lowest BCUT2D eigenvalue weighted by atomic mass is 10.2. The van der Waals surface area contributed by atoms with Gasteiger partial charge in [-0.1, -0.05) is 11.6 Å². The van der Waals surface area contributed by atoms with Gasteiger partial charge in [0.25, 0.3) is 0 Å². The standard InChI is InChI=1S/C13H11ClN6/c1-7-11-12(19(2)18-7)20(13(16)17-11)10-5-9(14)4-3-8(10)6-15/h3-5H,1-2H3,(H2,16,17). The molecular formula is C13H11ClN6. The molecule has 0 fully saturated rings. The molecule has 0 amide bonds. The van der Waals surface area contributed by atoms with Crippen LogP contribution in [0, 0.1) is 18.3 Å². The van der Waals surface area contributed by atoms with E-state index in [-0.39, 0.29) is 0 Å². The largest absolute Gasteiger partial charge is 0.369 e. The van der Waals surface area contributed by atoms with Crippen molar-refractivity contribution in [2.75, 3.05) is 5.73 Å². The maximum atomic E-state index is 9.26. The number of nitrogens with zero attached hydrogens (tertiary/aromatic N) is 5. The zero-order chi connectivity index (χ0) is 14.4. The number of nitrogens with two attached hydrogens (primary N) is 1. The van der Waals surface area contributed by atoms with Crippen molar-refractivity contribution in [2.45, 2.75) is 6.92 Å². The number of aryl methyl sites for hydroxylation is 2. The maximum Gasteiger partial charge on any atom is 0.207 e. The Morgan fingerprint density at radius 2 is 2.15 bits per heavy atom. The van der Waals surface area contributed by atoms with Crippen LogP contribution in [0.25, 0.3) is 16.9 Å². The van der Waals surface area contributed by atoms with Gasteiger partial charge in [0, 0.05) is 12.1 Å². The highest BCUT2D eigenvalue weighted by Gasteiger charge is 2.19. The van der Waals surface area contributed by atoms with Crippen molar-refractivity contribution in [2.24, 2.45) is 7.05 Å². The summed E-state index contributed by atoms with van der Waals surface area (Å²) in [6.45, 7) is 1.86. The SMILES string of the molecule is Cc1nn(C)c2c1nc(N)n2-c1cc(Cl)ccc1C#N. The minimum Gasteiger partial charge on any atom is -0.369 e. The zero-order valence-electron chi connectivity index (χ0n) is 10.9. The molecule has 0 saturated carbocycles. The fraction of sp³-hybridized carbons (Fsp3) is 0.154. The molecule has 20 heavy (non-hydrogen) atoms. The fourth-order valence-corrected chi connectivity index (χ4v) is 2.48. The molecule has 0 bridgehead atoms. The van der Waals surface area contributed by atoms with Gasteiger partial charge in [0.1, 0.15) is 11.6 Å². The van der Waals surface area contributed by atoms with E-state index in [0.717, 1.165) is 11.3 Å². The number of hydrogen-bond donors (Lipinski definition) is 1. The summed E-state index contributed by atoms with van der Waals surface area (Å²) in [6, 6.07) is 7.16. The number of rotatable bonds is 1. The lowest BCUT2D eigenvalue weighted by Crippen LogP contribution is -2.06. The Morgan fingerprint density at radius 1 is 1.40 bits per heavy atom. The van der Waals surface area contributed by atoms with Gasteiger partial charge in [0.15, 0.2) is 5.65 Å². The van der Waals surface area contributed by atoms with Crippen molar-refractivity contribution in [3.8, 4) is 11.8 Å². The number of halogens is 1. The smallest absolute Gasteiger partial charge is 0.207 e. The molecule has 0 spiro atoms. The maximum absolute atomic E-state index is 9.26. The summed E-state index contributed by atoms with van der Waals surface area (Å²) < 4.78 is 3.38. The Kier molecular flexibility index (Phi) is 2.66. The third-order valence-electron chi connectivity index (χ3n) is 3.15. The van der Waals surface area contributed by atoms with Gasteiger partial charge in [-0.15, -0.1) is 0 Å². The molecule has 3 aromatic rings. The van der Waals surface area contributed by atoms with Crippen LogP contribution >= 0.6 is 11.6 Å². The van der Waals surface area contributed by atoms with Crippen molar-refractivity contribution in [1.29, 1.82) is 5.26 Å². The molecule has 2 N–H and O–H groups in total.